The number of hydrogen-bond donors (Lipinski definition) is 1. The van der Waals surface area contributed by atoms with Gasteiger partial charge < -0.3 is 19.5 Å². The van der Waals surface area contributed by atoms with Crippen LogP contribution >= 0.6 is 0 Å². The Kier molecular flexibility index (Phi) is 2.82. The zero-order chi connectivity index (χ0) is 12.7. The van der Waals surface area contributed by atoms with Crippen LogP contribution in [0.5, 0.6) is 0 Å². The van der Waals surface area contributed by atoms with Gasteiger partial charge in [-0.2, -0.15) is 0 Å². The van der Waals surface area contributed by atoms with Crippen molar-refractivity contribution in [3.8, 4) is 0 Å². The first kappa shape index (κ1) is 11.5. The third-order valence-electron chi connectivity index (χ3n) is 3.50. The average molecular weight is 264 g/mol. The number of ether oxygens (including phenoxy) is 3. The summed E-state index contributed by atoms with van der Waals surface area (Å²) in [5.74, 6) is 0.816. The highest BCUT2D eigenvalue weighted by atomic mass is 16.6. The van der Waals surface area contributed by atoms with Crippen LogP contribution in [-0.2, 0) is 27.1 Å². The van der Waals surface area contributed by atoms with Gasteiger partial charge in [0.1, 0.15) is 0 Å². The molecule has 0 radical (unpaired) electrons. The molecule has 7 nitrogen and oxygen atoms in total. The van der Waals surface area contributed by atoms with Gasteiger partial charge in [0.05, 0.1) is 43.8 Å². The first-order valence-electron chi connectivity index (χ1n) is 6.68. The van der Waals surface area contributed by atoms with Crippen LogP contribution in [0.25, 0.3) is 0 Å². The molecule has 1 N–H and O–H groups in total. The molecule has 102 valence electrons. The molecule has 1 aromatic rings. The molecule has 3 aliphatic heterocycles. The SMILES string of the molecule is C(Nc1nnnc(CC2CO2)c1CC1CO1)C1CO1. The van der Waals surface area contributed by atoms with E-state index >= 15 is 0 Å². The highest BCUT2D eigenvalue weighted by Crippen LogP contribution is 2.26. The van der Waals surface area contributed by atoms with E-state index in [1.807, 2.05) is 0 Å². The average Bonchev–Trinajstić information content (AvgIpc) is 3.25. The highest BCUT2D eigenvalue weighted by molar-refractivity contribution is 5.46. The highest BCUT2D eigenvalue weighted by Gasteiger charge is 2.31. The second-order valence-electron chi connectivity index (χ2n) is 5.22. The quantitative estimate of drug-likeness (QED) is 0.668. The number of hydrogen-bond acceptors (Lipinski definition) is 7. The fourth-order valence-corrected chi connectivity index (χ4v) is 2.11. The third kappa shape index (κ3) is 2.99. The van der Waals surface area contributed by atoms with Gasteiger partial charge in [-0.3, -0.25) is 0 Å². The maximum Gasteiger partial charge on any atom is 0.155 e. The van der Waals surface area contributed by atoms with Gasteiger partial charge >= 0.3 is 0 Å². The predicted octanol–water partition coefficient (Wildman–Crippen LogP) is -0.435. The monoisotopic (exact) mass is 264 g/mol. The van der Waals surface area contributed by atoms with Gasteiger partial charge in [0.15, 0.2) is 5.82 Å². The Morgan fingerprint density at radius 1 is 0.947 bits per heavy atom. The molecule has 19 heavy (non-hydrogen) atoms. The lowest BCUT2D eigenvalue weighted by Gasteiger charge is -2.11. The van der Waals surface area contributed by atoms with Gasteiger partial charge in [0.25, 0.3) is 0 Å². The molecular formula is C12H16N4O3. The standard InChI is InChI=1S/C12H16N4O3/c1(7-4-17-7)10-11(2-8-5-18-8)14-16-15-12(10)13-3-9-6-19-9/h7-9H,1-6H2,(H,13,14,15). The van der Waals surface area contributed by atoms with E-state index in [4.69, 9.17) is 14.2 Å². The molecule has 3 atom stereocenters. The number of aromatic nitrogens is 3. The van der Waals surface area contributed by atoms with Gasteiger partial charge in [0.2, 0.25) is 0 Å². The van der Waals surface area contributed by atoms with Gasteiger partial charge in [0, 0.05) is 24.9 Å². The Balaban J connectivity index is 1.54. The maximum atomic E-state index is 5.32. The molecule has 4 heterocycles. The third-order valence-corrected chi connectivity index (χ3v) is 3.50. The van der Waals surface area contributed by atoms with Crippen molar-refractivity contribution in [2.45, 2.75) is 31.2 Å². The molecular weight excluding hydrogens is 248 g/mol. The number of rotatable bonds is 7. The predicted molar refractivity (Wildman–Crippen MR) is 64.9 cm³/mol. The Morgan fingerprint density at radius 2 is 1.63 bits per heavy atom. The van der Waals surface area contributed by atoms with E-state index in [1.165, 1.54) is 0 Å². The fraction of sp³-hybridized carbons (Fsp3) is 0.750. The molecule has 3 aliphatic rings. The molecule has 0 bridgehead atoms. The van der Waals surface area contributed by atoms with E-state index in [2.05, 4.69) is 20.7 Å². The van der Waals surface area contributed by atoms with E-state index < -0.39 is 0 Å². The van der Waals surface area contributed by atoms with Crippen molar-refractivity contribution in [3.05, 3.63) is 11.3 Å². The van der Waals surface area contributed by atoms with E-state index in [-0.39, 0.29) is 0 Å². The molecule has 0 spiro atoms. The van der Waals surface area contributed by atoms with Crippen LogP contribution in [-0.4, -0.2) is 60.1 Å². The second kappa shape index (κ2) is 4.66. The zero-order valence-electron chi connectivity index (χ0n) is 10.5. The summed E-state index contributed by atoms with van der Waals surface area (Å²) < 4.78 is 15.8. The smallest absolute Gasteiger partial charge is 0.155 e. The van der Waals surface area contributed by atoms with Crippen LogP contribution in [0.15, 0.2) is 0 Å². The maximum absolute atomic E-state index is 5.32. The summed E-state index contributed by atoms with van der Waals surface area (Å²) in [6, 6.07) is 0. The summed E-state index contributed by atoms with van der Waals surface area (Å²) in [6.07, 6.45) is 2.58. The topological polar surface area (TPSA) is 88.3 Å². The van der Waals surface area contributed by atoms with Crippen LogP contribution in [0, 0.1) is 0 Å². The van der Waals surface area contributed by atoms with Gasteiger partial charge in [-0.15, -0.1) is 10.2 Å². The summed E-state index contributed by atoms with van der Waals surface area (Å²) >= 11 is 0. The van der Waals surface area contributed by atoms with Crippen molar-refractivity contribution in [1.82, 2.24) is 15.4 Å². The number of nitrogens with one attached hydrogen (secondary N) is 1. The molecule has 4 rings (SSSR count). The summed E-state index contributed by atoms with van der Waals surface area (Å²) in [5, 5.41) is 15.5. The van der Waals surface area contributed by atoms with Crippen LogP contribution in [0.2, 0.25) is 0 Å². The van der Waals surface area contributed by atoms with Crippen LogP contribution < -0.4 is 5.32 Å². The summed E-state index contributed by atoms with van der Waals surface area (Å²) in [5.41, 5.74) is 2.10. The summed E-state index contributed by atoms with van der Waals surface area (Å²) in [6.45, 7) is 3.25. The van der Waals surface area contributed by atoms with Crippen molar-refractivity contribution < 1.29 is 14.2 Å². The minimum atomic E-state index is 0.301. The molecule has 1 aromatic heterocycles. The Bertz CT molecular complexity index is 472. The molecule has 0 aromatic carbocycles. The van der Waals surface area contributed by atoms with E-state index in [0.717, 1.165) is 56.3 Å². The van der Waals surface area contributed by atoms with Crippen LogP contribution in [0.3, 0.4) is 0 Å². The minimum absolute atomic E-state index is 0.301. The lowest BCUT2D eigenvalue weighted by molar-refractivity contribution is 0.398. The summed E-state index contributed by atoms with van der Waals surface area (Å²) in [7, 11) is 0. The van der Waals surface area contributed by atoms with Crippen LogP contribution in [0.1, 0.15) is 11.3 Å². The van der Waals surface area contributed by atoms with E-state index in [9.17, 15) is 0 Å². The first-order valence-corrected chi connectivity index (χ1v) is 6.68. The van der Waals surface area contributed by atoms with Crippen molar-refractivity contribution in [2.24, 2.45) is 0 Å². The van der Waals surface area contributed by atoms with Crippen LogP contribution in [0.4, 0.5) is 5.82 Å². The lowest BCUT2D eigenvalue weighted by Crippen LogP contribution is -2.16. The molecule has 3 fully saturated rings. The van der Waals surface area contributed by atoms with Crippen molar-refractivity contribution in [2.75, 3.05) is 31.7 Å². The largest absolute Gasteiger partial charge is 0.373 e. The molecule has 7 heteroatoms. The first-order chi connectivity index (χ1) is 9.38. The zero-order valence-corrected chi connectivity index (χ0v) is 10.5. The fourth-order valence-electron chi connectivity index (χ4n) is 2.11. The lowest BCUT2D eigenvalue weighted by atomic mass is 10.1. The van der Waals surface area contributed by atoms with Gasteiger partial charge in [-0.05, 0) is 5.21 Å². The molecule has 3 unspecified atom stereocenters. The van der Waals surface area contributed by atoms with Crippen molar-refractivity contribution >= 4 is 5.82 Å². The number of anilines is 1. The normalized spacial score (nSPS) is 31.1. The molecule has 0 saturated carbocycles. The molecule has 0 aliphatic carbocycles. The number of nitrogens with zero attached hydrogens (tertiary/aromatic N) is 3. The minimum Gasteiger partial charge on any atom is -0.373 e. The molecule has 0 amide bonds. The van der Waals surface area contributed by atoms with Crippen molar-refractivity contribution in [3.63, 3.8) is 0 Å². The number of epoxide rings is 3. The van der Waals surface area contributed by atoms with E-state index in [0.29, 0.717) is 18.3 Å². The van der Waals surface area contributed by atoms with Gasteiger partial charge in [-0.25, -0.2) is 0 Å². The molecule has 3 saturated heterocycles. The van der Waals surface area contributed by atoms with E-state index in [1.54, 1.807) is 0 Å². The van der Waals surface area contributed by atoms with Crippen molar-refractivity contribution in [1.29, 1.82) is 0 Å². The van der Waals surface area contributed by atoms with Gasteiger partial charge in [-0.1, -0.05) is 0 Å². The Hall–Kier alpha value is -1.31. The Labute approximate surface area is 110 Å². The Morgan fingerprint density at radius 3 is 2.32 bits per heavy atom. The summed E-state index contributed by atoms with van der Waals surface area (Å²) in [4.78, 5) is 0. The second-order valence-corrected chi connectivity index (χ2v) is 5.22.